The number of H-pyrrole nitrogens is 1. The first kappa shape index (κ1) is 20.0. The monoisotopic (exact) mass is 413 g/mol. The van der Waals surface area contributed by atoms with E-state index in [0.717, 1.165) is 6.07 Å². The Balaban J connectivity index is 1.93. The van der Waals surface area contributed by atoms with Gasteiger partial charge in [0.15, 0.2) is 0 Å². The minimum Gasteiger partial charge on any atom is -0.488 e. The van der Waals surface area contributed by atoms with Gasteiger partial charge in [-0.3, -0.25) is 14.9 Å². The minimum atomic E-state index is -1.31. The summed E-state index contributed by atoms with van der Waals surface area (Å²) in [7, 11) is 0. The Morgan fingerprint density at radius 1 is 1.10 bits per heavy atom. The first-order valence-corrected chi connectivity index (χ1v) is 8.03. The number of aromatic amines is 1. The molecule has 12 nitrogen and oxygen atoms in total. The summed E-state index contributed by atoms with van der Waals surface area (Å²) in [6, 6.07) is 6.45. The van der Waals surface area contributed by atoms with E-state index < -0.39 is 34.0 Å². The number of nitrogens with zero attached hydrogens (tertiary/aromatic N) is 2. The van der Waals surface area contributed by atoms with Crippen LogP contribution in [0, 0.1) is 10.1 Å². The molecule has 0 fully saturated rings. The summed E-state index contributed by atoms with van der Waals surface area (Å²) >= 11 is 0. The Morgan fingerprint density at radius 3 is 2.27 bits per heavy atom. The molecule has 30 heavy (non-hydrogen) atoms. The molecule has 0 bridgehead atoms. The van der Waals surface area contributed by atoms with E-state index in [1.165, 1.54) is 36.4 Å². The number of carboxylic acids is 2. The molecule has 2 aromatic heterocycles. The minimum absolute atomic E-state index is 0.174. The highest BCUT2D eigenvalue weighted by Gasteiger charge is 2.21. The Bertz CT molecular complexity index is 1240. The molecule has 0 aliphatic rings. The van der Waals surface area contributed by atoms with Crippen molar-refractivity contribution >= 4 is 29.8 Å². The fourth-order valence-electron chi connectivity index (χ4n) is 2.49. The van der Waals surface area contributed by atoms with Crippen molar-refractivity contribution in [1.82, 2.24) is 9.97 Å². The third-order valence-electron chi connectivity index (χ3n) is 3.82. The van der Waals surface area contributed by atoms with E-state index in [0.29, 0.717) is 0 Å². The predicted molar refractivity (Wildman–Crippen MR) is 100 cm³/mol. The molecule has 3 rings (SSSR count). The van der Waals surface area contributed by atoms with Crippen molar-refractivity contribution in [3.05, 3.63) is 73.5 Å². The van der Waals surface area contributed by atoms with Gasteiger partial charge in [0.1, 0.15) is 17.3 Å². The summed E-state index contributed by atoms with van der Waals surface area (Å²) in [6.45, 7) is 0. The Kier molecular flexibility index (Phi) is 5.14. The highest BCUT2D eigenvalue weighted by atomic mass is 16.6. The van der Waals surface area contributed by atoms with Gasteiger partial charge in [0, 0.05) is 5.56 Å². The first-order chi connectivity index (χ1) is 14.2. The van der Waals surface area contributed by atoms with Gasteiger partial charge in [0.2, 0.25) is 0 Å². The van der Waals surface area contributed by atoms with Gasteiger partial charge in [-0.15, -0.1) is 0 Å². The van der Waals surface area contributed by atoms with Crippen LogP contribution in [0.2, 0.25) is 0 Å². The Morgan fingerprint density at radius 2 is 1.73 bits per heavy atom. The van der Waals surface area contributed by atoms with E-state index in [1.54, 1.807) is 0 Å². The zero-order valence-corrected chi connectivity index (χ0v) is 14.7. The van der Waals surface area contributed by atoms with E-state index in [1.807, 2.05) is 0 Å². The second-order valence-corrected chi connectivity index (χ2v) is 5.83. The number of nitro groups is 1. The van der Waals surface area contributed by atoms with Gasteiger partial charge in [0.25, 0.3) is 5.88 Å². The summed E-state index contributed by atoms with van der Waals surface area (Å²) in [4.78, 5) is 49.3. The van der Waals surface area contributed by atoms with Crippen molar-refractivity contribution in [2.45, 2.75) is 0 Å². The van der Waals surface area contributed by atoms with Crippen molar-refractivity contribution in [3.63, 3.8) is 0 Å². The van der Waals surface area contributed by atoms with Crippen molar-refractivity contribution < 1.29 is 34.2 Å². The first-order valence-electron chi connectivity index (χ1n) is 8.03. The standard InChI is InChI=1S/C18H11N3O9/c22-15-14(21(28)29)16(23)20-13(19-15)4-2-11-1-3-12(30-11)8-5-9(17(24)25)7-10(6-8)18(26)27/h1-7H,(H,24,25)(H,26,27)(H2,19,20,22,23)/b4-2-. The molecule has 12 heteroatoms. The van der Waals surface area contributed by atoms with Gasteiger partial charge in [0.05, 0.1) is 16.1 Å². The third-order valence-corrected chi connectivity index (χ3v) is 3.82. The van der Waals surface area contributed by atoms with E-state index in [-0.39, 0.29) is 34.0 Å². The highest BCUT2D eigenvalue weighted by molar-refractivity contribution is 5.95. The topological polar surface area (TPSA) is 197 Å². The summed E-state index contributed by atoms with van der Waals surface area (Å²) in [5.74, 6) is -3.45. The zero-order chi connectivity index (χ0) is 22.0. The number of rotatable bonds is 6. The van der Waals surface area contributed by atoms with Crippen LogP contribution in [0.25, 0.3) is 23.5 Å². The van der Waals surface area contributed by atoms with Gasteiger partial charge in [-0.25, -0.2) is 9.59 Å². The average Bonchev–Trinajstić information content (AvgIpc) is 3.14. The quantitative estimate of drug-likeness (QED) is 0.343. The predicted octanol–water partition coefficient (Wildman–Crippen LogP) is 2.21. The van der Waals surface area contributed by atoms with Gasteiger partial charge < -0.3 is 24.7 Å². The van der Waals surface area contributed by atoms with Gasteiger partial charge in [-0.1, -0.05) is 0 Å². The van der Waals surface area contributed by atoms with Crippen molar-refractivity contribution in [2.24, 2.45) is 0 Å². The van der Waals surface area contributed by atoms with Crippen LogP contribution >= 0.6 is 0 Å². The highest BCUT2D eigenvalue weighted by Crippen LogP contribution is 2.26. The number of hydrogen-bond acceptors (Lipinski definition) is 8. The van der Waals surface area contributed by atoms with Crippen LogP contribution in [-0.2, 0) is 0 Å². The molecule has 0 saturated carbocycles. The summed E-state index contributed by atoms with van der Waals surface area (Å²) in [6.07, 6.45) is 2.54. The fourth-order valence-corrected chi connectivity index (χ4v) is 2.49. The fraction of sp³-hybridized carbons (Fsp3) is 0. The van der Waals surface area contributed by atoms with Crippen LogP contribution in [0.4, 0.5) is 5.69 Å². The molecule has 1 aromatic carbocycles. The molecular formula is C18H11N3O9. The van der Waals surface area contributed by atoms with Crippen LogP contribution < -0.4 is 5.56 Å². The number of furan rings is 1. The number of nitrogens with one attached hydrogen (secondary N) is 1. The molecular weight excluding hydrogens is 402 g/mol. The van der Waals surface area contributed by atoms with Crippen LogP contribution in [0.15, 0.2) is 39.5 Å². The van der Waals surface area contributed by atoms with Gasteiger partial charge in [-0.2, -0.15) is 4.98 Å². The van der Waals surface area contributed by atoms with Crippen molar-refractivity contribution in [3.8, 4) is 17.2 Å². The molecule has 2 heterocycles. The van der Waals surface area contributed by atoms with Crippen molar-refractivity contribution in [2.75, 3.05) is 0 Å². The number of aromatic nitrogens is 2. The van der Waals surface area contributed by atoms with Crippen LogP contribution in [0.3, 0.4) is 0 Å². The molecule has 0 spiro atoms. The van der Waals surface area contributed by atoms with Gasteiger partial charge >= 0.3 is 23.2 Å². The molecule has 0 unspecified atom stereocenters. The summed E-state index contributed by atoms with van der Waals surface area (Å²) < 4.78 is 5.52. The number of hydrogen-bond donors (Lipinski definition) is 4. The molecule has 4 N–H and O–H groups in total. The Hall–Kier alpha value is -4.74. The normalized spacial score (nSPS) is 10.9. The maximum atomic E-state index is 11.6. The SMILES string of the molecule is O=C(O)c1cc(C(=O)O)cc(-c2ccc(/C=C\c3nc(O)c([N+](=O)[O-])c(=O)[nH]3)o2)c1. The third kappa shape index (κ3) is 4.06. The van der Waals surface area contributed by atoms with Crippen LogP contribution in [-0.4, -0.2) is 42.1 Å². The van der Waals surface area contributed by atoms with Crippen molar-refractivity contribution in [1.29, 1.82) is 0 Å². The maximum absolute atomic E-state index is 11.6. The number of carbonyl (C=O) groups is 2. The smallest absolute Gasteiger partial charge is 0.395 e. The number of carboxylic acid groups (broad SMARTS) is 2. The largest absolute Gasteiger partial charge is 0.488 e. The van der Waals surface area contributed by atoms with E-state index in [4.69, 9.17) is 14.6 Å². The van der Waals surface area contributed by atoms with E-state index in [2.05, 4.69) is 9.97 Å². The maximum Gasteiger partial charge on any atom is 0.395 e. The molecule has 0 amide bonds. The molecule has 0 aliphatic carbocycles. The molecule has 0 saturated heterocycles. The molecule has 0 radical (unpaired) electrons. The molecule has 152 valence electrons. The molecule has 0 aliphatic heterocycles. The lowest BCUT2D eigenvalue weighted by Gasteiger charge is -2.03. The lowest BCUT2D eigenvalue weighted by molar-refractivity contribution is -0.387. The summed E-state index contributed by atoms with van der Waals surface area (Å²) in [5, 5.41) is 38.5. The Labute approximate surface area is 165 Å². The number of benzene rings is 1. The lowest BCUT2D eigenvalue weighted by Crippen LogP contribution is -2.14. The second kappa shape index (κ2) is 7.71. The van der Waals surface area contributed by atoms with Gasteiger partial charge in [-0.05, 0) is 42.5 Å². The van der Waals surface area contributed by atoms with E-state index >= 15 is 0 Å². The average molecular weight is 413 g/mol. The van der Waals surface area contributed by atoms with Crippen LogP contribution in [0.5, 0.6) is 5.88 Å². The number of aromatic hydroxyl groups is 1. The summed E-state index contributed by atoms with van der Waals surface area (Å²) in [5.41, 5.74) is -2.48. The number of aromatic carboxylic acids is 2. The second-order valence-electron chi connectivity index (χ2n) is 5.83. The molecule has 0 atom stereocenters. The molecule has 3 aromatic rings. The van der Waals surface area contributed by atoms with Crippen LogP contribution in [0.1, 0.15) is 32.3 Å². The zero-order valence-electron chi connectivity index (χ0n) is 14.7. The van der Waals surface area contributed by atoms with E-state index in [9.17, 15) is 29.6 Å². The lowest BCUT2D eigenvalue weighted by atomic mass is 10.0.